The van der Waals surface area contributed by atoms with Gasteiger partial charge >= 0.3 is 6.18 Å². The Kier molecular flexibility index (Phi) is 3.31. The zero-order valence-electron chi connectivity index (χ0n) is 8.21. The molecule has 7 heteroatoms. The van der Waals surface area contributed by atoms with E-state index >= 15 is 0 Å². The van der Waals surface area contributed by atoms with Gasteiger partial charge in [-0.25, -0.2) is 4.98 Å². The van der Waals surface area contributed by atoms with Crippen LogP contribution in [0.15, 0.2) is 6.20 Å². The molecule has 0 radical (unpaired) electrons. The summed E-state index contributed by atoms with van der Waals surface area (Å²) >= 11 is 0. The molecule has 0 atom stereocenters. The molecule has 0 bridgehead atoms. The summed E-state index contributed by atoms with van der Waals surface area (Å²) < 4.78 is 37.7. The van der Waals surface area contributed by atoms with Crippen LogP contribution in [0.1, 0.15) is 22.4 Å². The topological polar surface area (TPSA) is 84.3 Å². The molecule has 4 nitrogen and oxygen atoms in total. The van der Waals surface area contributed by atoms with Gasteiger partial charge in [0.25, 0.3) is 0 Å². The lowest BCUT2D eigenvalue weighted by Gasteiger charge is -2.11. The van der Waals surface area contributed by atoms with Crippen molar-refractivity contribution in [3.05, 3.63) is 28.6 Å². The summed E-state index contributed by atoms with van der Waals surface area (Å²) in [5, 5.41) is 25.8. The standard InChI is InChI=1S/C10H3F3N4/c11-10(12,13)8-5-17-9(4-16)7(3-15)6(8)1-2-14/h5H,1H2. The van der Waals surface area contributed by atoms with E-state index in [0.29, 0.717) is 6.20 Å². The number of hydrogen-bond acceptors (Lipinski definition) is 4. The lowest BCUT2D eigenvalue weighted by molar-refractivity contribution is -0.138. The van der Waals surface area contributed by atoms with Gasteiger partial charge in [0.15, 0.2) is 5.69 Å². The largest absolute Gasteiger partial charge is 0.418 e. The van der Waals surface area contributed by atoms with Crippen LogP contribution in [0.5, 0.6) is 0 Å². The Hall–Kier alpha value is -2.59. The van der Waals surface area contributed by atoms with E-state index in [1.54, 1.807) is 0 Å². The van der Waals surface area contributed by atoms with Crippen molar-refractivity contribution in [2.75, 3.05) is 0 Å². The fourth-order valence-corrected chi connectivity index (χ4v) is 1.26. The van der Waals surface area contributed by atoms with Gasteiger partial charge in [-0.2, -0.15) is 29.0 Å². The van der Waals surface area contributed by atoms with E-state index in [1.165, 1.54) is 18.2 Å². The molecular formula is C10H3F3N4. The van der Waals surface area contributed by atoms with Crippen LogP contribution in [0, 0.1) is 34.0 Å². The Morgan fingerprint density at radius 2 is 1.82 bits per heavy atom. The summed E-state index contributed by atoms with van der Waals surface area (Å²) in [6.45, 7) is 0. The van der Waals surface area contributed by atoms with Gasteiger partial charge in [0.2, 0.25) is 0 Å². The summed E-state index contributed by atoms with van der Waals surface area (Å²) in [5.74, 6) is 0. The van der Waals surface area contributed by atoms with Crippen LogP contribution >= 0.6 is 0 Å². The van der Waals surface area contributed by atoms with Crippen LogP contribution in [0.3, 0.4) is 0 Å². The molecule has 0 N–H and O–H groups in total. The molecule has 84 valence electrons. The molecule has 17 heavy (non-hydrogen) atoms. The lowest BCUT2D eigenvalue weighted by atomic mass is 9.99. The lowest BCUT2D eigenvalue weighted by Crippen LogP contribution is -2.12. The first kappa shape index (κ1) is 12.5. The van der Waals surface area contributed by atoms with Crippen molar-refractivity contribution in [3.8, 4) is 18.2 Å². The Morgan fingerprint density at radius 1 is 1.18 bits per heavy atom. The van der Waals surface area contributed by atoms with Gasteiger partial charge in [-0.15, -0.1) is 0 Å². The van der Waals surface area contributed by atoms with Gasteiger partial charge in [-0.3, -0.25) is 0 Å². The summed E-state index contributed by atoms with van der Waals surface area (Å²) in [5.41, 5.74) is -2.57. The van der Waals surface area contributed by atoms with Crippen molar-refractivity contribution >= 4 is 0 Å². The van der Waals surface area contributed by atoms with Crippen molar-refractivity contribution in [1.29, 1.82) is 15.8 Å². The van der Waals surface area contributed by atoms with Crippen molar-refractivity contribution in [3.63, 3.8) is 0 Å². The average Bonchev–Trinajstić information content (AvgIpc) is 2.27. The zero-order chi connectivity index (χ0) is 13.1. The van der Waals surface area contributed by atoms with E-state index in [0.717, 1.165) is 0 Å². The second-order valence-electron chi connectivity index (χ2n) is 2.93. The first-order valence-corrected chi connectivity index (χ1v) is 4.22. The fraction of sp³-hybridized carbons (Fsp3) is 0.200. The fourth-order valence-electron chi connectivity index (χ4n) is 1.26. The first-order chi connectivity index (χ1) is 7.95. The van der Waals surface area contributed by atoms with Crippen LogP contribution in [0.4, 0.5) is 13.2 Å². The minimum absolute atomic E-state index is 0.411. The molecule has 1 aromatic rings. The molecule has 1 aromatic heterocycles. The maximum atomic E-state index is 12.6. The number of nitrogens with zero attached hydrogens (tertiary/aromatic N) is 4. The molecule has 0 fully saturated rings. The van der Waals surface area contributed by atoms with Gasteiger partial charge in [0.05, 0.1) is 23.6 Å². The summed E-state index contributed by atoms with van der Waals surface area (Å²) in [4.78, 5) is 3.26. The molecule has 0 saturated heterocycles. The van der Waals surface area contributed by atoms with E-state index < -0.39 is 35.0 Å². The Labute approximate surface area is 94.2 Å². The second-order valence-corrected chi connectivity index (χ2v) is 2.93. The summed E-state index contributed by atoms with van der Waals surface area (Å²) in [7, 11) is 0. The summed E-state index contributed by atoms with van der Waals surface area (Å²) in [6, 6.07) is 4.52. The van der Waals surface area contributed by atoms with Gasteiger partial charge < -0.3 is 0 Å². The third kappa shape index (κ3) is 2.32. The molecule has 0 amide bonds. The number of halogens is 3. The molecule has 0 spiro atoms. The minimum atomic E-state index is -4.71. The Bertz CT molecular complexity index is 569. The number of pyridine rings is 1. The predicted molar refractivity (Wildman–Crippen MR) is 48.0 cm³/mol. The highest BCUT2D eigenvalue weighted by atomic mass is 19.4. The Balaban J connectivity index is 3.63. The quantitative estimate of drug-likeness (QED) is 0.745. The molecule has 0 saturated carbocycles. The molecule has 1 rings (SSSR count). The maximum absolute atomic E-state index is 12.6. The van der Waals surface area contributed by atoms with Crippen molar-refractivity contribution in [2.24, 2.45) is 0 Å². The highest BCUT2D eigenvalue weighted by Gasteiger charge is 2.35. The maximum Gasteiger partial charge on any atom is 0.418 e. The van der Waals surface area contributed by atoms with E-state index in [-0.39, 0.29) is 0 Å². The molecule has 0 unspecified atom stereocenters. The highest BCUT2D eigenvalue weighted by molar-refractivity contribution is 5.51. The second kappa shape index (κ2) is 4.51. The predicted octanol–water partition coefficient (Wildman–Crippen LogP) is 1.91. The number of rotatable bonds is 1. The van der Waals surface area contributed by atoms with Crippen LogP contribution < -0.4 is 0 Å². The van der Waals surface area contributed by atoms with Crippen LogP contribution in [0.2, 0.25) is 0 Å². The zero-order valence-corrected chi connectivity index (χ0v) is 8.21. The third-order valence-electron chi connectivity index (χ3n) is 1.97. The SMILES string of the molecule is N#CCc1c(C(F)(F)F)cnc(C#N)c1C#N. The molecule has 0 aliphatic heterocycles. The molecule has 0 aliphatic rings. The monoisotopic (exact) mass is 236 g/mol. The van der Waals surface area contributed by atoms with Crippen LogP contribution in [0.25, 0.3) is 0 Å². The number of alkyl halides is 3. The van der Waals surface area contributed by atoms with Crippen molar-refractivity contribution in [2.45, 2.75) is 12.6 Å². The Morgan fingerprint density at radius 3 is 2.24 bits per heavy atom. The van der Waals surface area contributed by atoms with Crippen LogP contribution in [-0.2, 0) is 12.6 Å². The number of hydrogen-bond donors (Lipinski definition) is 0. The molecule has 0 aromatic carbocycles. The van der Waals surface area contributed by atoms with Gasteiger partial charge in [-0.05, 0) is 0 Å². The van der Waals surface area contributed by atoms with Gasteiger partial charge in [0, 0.05) is 11.8 Å². The van der Waals surface area contributed by atoms with E-state index in [1.807, 2.05) is 0 Å². The van der Waals surface area contributed by atoms with Crippen molar-refractivity contribution < 1.29 is 13.2 Å². The normalized spacial score (nSPS) is 10.1. The van der Waals surface area contributed by atoms with E-state index in [2.05, 4.69) is 4.98 Å². The minimum Gasteiger partial charge on any atom is -0.244 e. The van der Waals surface area contributed by atoms with E-state index in [4.69, 9.17) is 15.8 Å². The molecule has 0 aliphatic carbocycles. The van der Waals surface area contributed by atoms with Crippen LogP contribution in [-0.4, -0.2) is 4.98 Å². The first-order valence-electron chi connectivity index (χ1n) is 4.22. The van der Waals surface area contributed by atoms with Gasteiger partial charge in [0.1, 0.15) is 12.1 Å². The van der Waals surface area contributed by atoms with Gasteiger partial charge in [-0.1, -0.05) is 0 Å². The molecule has 1 heterocycles. The average molecular weight is 236 g/mol. The summed E-state index contributed by atoms with van der Waals surface area (Å²) in [6.07, 6.45) is -4.85. The number of aromatic nitrogens is 1. The highest BCUT2D eigenvalue weighted by Crippen LogP contribution is 2.33. The van der Waals surface area contributed by atoms with E-state index in [9.17, 15) is 13.2 Å². The number of nitriles is 3. The van der Waals surface area contributed by atoms with Crippen molar-refractivity contribution in [1.82, 2.24) is 4.98 Å². The molecular weight excluding hydrogens is 233 g/mol. The smallest absolute Gasteiger partial charge is 0.244 e. The third-order valence-corrected chi connectivity index (χ3v) is 1.97.